The average molecular weight is 234 g/mol. The summed E-state index contributed by atoms with van der Waals surface area (Å²) in [5.74, 6) is 0.318. The number of allylic oxidation sites excluding steroid dienone is 4. The van der Waals surface area contributed by atoms with Gasteiger partial charge in [0.15, 0.2) is 5.78 Å². The SMILES string of the molecule is CCC(C)(C)/C=C/C1=C(C)C(=O)CCC1(C)C. The molecule has 0 saturated carbocycles. The zero-order valence-corrected chi connectivity index (χ0v) is 12.2. The minimum Gasteiger partial charge on any atom is -0.295 e. The summed E-state index contributed by atoms with van der Waals surface area (Å²) in [6.07, 6.45) is 7.23. The summed E-state index contributed by atoms with van der Waals surface area (Å²) in [6, 6.07) is 0. The first-order chi connectivity index (χ1) is 7.69. The fourth-order valence-electron chi connectivity index (χ4n) is 2.18. The van der Waals surface area contributed by atoms with Gasteiger partial charge in [0, 0.05) is 6.42 Å². The standard InChI is InChI=1S/C16H26O/c1-7-15(3,4)10-8-13-12(2)14(17)9-11-16(13,5)6/h8,10H,7,9,11H2,1-6H3/b10-8+. The third-order valence-electron chi connectivity index (χ3n) is 4.14. The van der Waals surface area contributed by atoms with Crippen LogP contribution in [-0.4, -0.2) is 5.78 Å². The first-order valence-electron chi connectivity index (χ1n) is 6.63. The Labute approximate surface area is 106 Å². The Bertz CT molecular complexity index is 367. The highest BCUT2D eigenvalue weighted by molar-refractivity contribution is 5.97. The van der Waals surface area contributed by atoms with Gasteiger partial charge in [0.25, 0.3) is 0 Å². The molecule has 1 heteroatoms. The van der Waals surface area contributed by atoms with Crippen molar-refractivity contribution in [2.45, 2.75) is 60.8 Å². The van der Waals surface area contributed by atoms with E-state index in [1.54, 1.807) is 0 Å². The highest BCUT2D eigenvalue weighted by Crippen LogP contribution is 2.40. The second kappa shape index (κ2) is 4.80. The van der Waals surface area contributed by atoms with Gasteiger partial charge in [-0.25, -0.2) is 0 Å². The predicted molar refractivity (Wildman–Crippen MR) is 73.9 cm³/mol. The lowest BCUT2D eigenvalue weighted by molar-refractivity contribution is -0.116. The van der Waals surface area contributed by atoms with Crippen molar-refractivity contribution in [2.24, 2.45) is 10.8 Å². The zero-order chi connectivity index (χ0) is 13.3. The summed E-state index contributed by atoms with van der Waals surface area (Å²) < 4.78 is 0. The van der Waals surface area contributed by atoms with Gasteiger partial charge in [0.1, 0.15) is 0 Å². The third-order valence-corrected chi connectivity index (χ3v) is 4.14. The van der Waals surface area contributed by atoms with E-state index in [1.165, 1.54) is 5.57 Å². The molecule has 1 rings (SSSR count). The van der Waals surface area contributed by atoms with Gasteiger partial charge in [-0.2, -0.15) is 0 Å². The molecule has 0 aromatic rings. The molecule has 0 radical (unpaired) electrons. The number of rotatable bonds is 3. The lowest BCUT2D eigenvalue weighted by Gasteiger charge is -2.32. The fraction of sp³-hybridized carbons (Fsp3) is 0.688. The summed E-state index contributed by atoms with van der Waals surface area (Å²) in [5.41, 5.74) is 2.54. The Hall–Kier alpha value is -0.850. The summed E-state index contributed by atoms with van der Waals surface area (Å²) in [4.78, 5) is 11.8. The molecule has 0 unspecified atom stereocenters. The van der Waals surface area contributed by atoms with Crippen molar-refractivity contribution in [1.29, 1.82) is 0 Å². The van der Waals surface area contributed by atoms with Crippen molar-refractivity contribution in [1.82, 2.24) is 0 Å². The molecule has 0 bridgehead atoms. The van der Waals surface area contributed by atoms with Crippen LogP contribution in [0.3, 0.4) is 0 Å². The molecule has 96 valence electrons. The van der Waals surface area contributed by atoms with Gasteiger partial charge >= 0.3 is 0 Å². The normalized spacial score (nSPS) is 21.4. The molecule has 0 heterocycles. The van der Waals surface area contributed by atoms with E-state index < -0.39 is 0 Å². The van der Waals surface area contributed by atoms with Gasteiger partial charge < -0.3 is 0 Å². The number of Topliss-reactive ketones (excluding diaryl/α,β-unsaturated/α-hetero) is 1. The molecule has 0 aromatic carbocycles. The van der Waals surface area contributed by atoms with Gasteiger partial charge in [0.2, 0.25) is 0 Å². The summed E-state index contributed by atoms with van der Waals surface area (Å²) >= 11 is 0. The number of hydrogen-bond donors (Lipinski definition) is 0. The van der Waals surface area contributed by atoms with E-state index in [1.807, 2.05) is 6.92 Å². The van der Waals surface area contributed by atoms with Crippen molar-refractivity contribution < 1.29 is 4.79 Å². The Balaban J connectivity index is 3.08. The van der Waals surface area contributed by atoms with Gasteiger partial charge in [0.05, 0.1) is 0 Å². The van der Waals surface area contributed by atoms with Gasteiger partial charge in [-0.1, -0.05) is 46.8 Å². The first kappa shape index (κ1) is 14.2. The van der Waals surface area contributed by atoms with Crippen LogP contribution >= 0.6 is 0 Å². The minimum absolute atomic E-state index is 0.137. The molecule has 0 spiro atoms. The van der Waals surface area contributed by atoms with Crippen LogP contribution in [0.25, 0.3) is 0 Å². The molecule has 0 N–H and O–H groups in total. The Morgan fingerprint density at radius 3 is 2.47 bits per heavy atom. The molecular formula is C16H26O. The Kier molecular flexibility index (Phi) is 4.01. The molecule has 0 atom stereocenters. The van der Waals surface area contributed by atoms with E-state index in [0.29, 0.717) is 12.2 Å². The molecule has 0 fully saturated rings. The van der Waals surface area contributed by atoms with Crippen LogP contribution in [0.15, 0.2) is 23.3 Å². The molecular weight excluding hydrogens is 208 g/mol. The maximum absolute atomic E-state index is 11.8. The van der Waals surface area contributed by atoms with Crippen molar-refractivity contribution in [3.63, 3.8) is 0 Å². The molecule has 17 heavy (non-hydrogen) atoms. The molecule has 1 aliphatic rings. The van der Waals surface area contributed by atoms with Crippen molar-refractivity contribution >= 4 is 5.78 Å². The number of ketones is 1. The number of hydrogen-bond acceptors (Lipinski definition) is 1. The van der Waals surface area contributed by atoms with Crippen molar-refractivity contribution in [3.05, 3.63) is 23.3 Å². The first-order valence-corrected chi connectivity index (χ1v) is 6.63. The minimum atomic E-state index is 0.137. The molecule has 1 nitrogen and oxygen atoms in total. The monoisotopic (exact) mass is 234 g/mol. The van der Waals surface area contributed by atoms with Gasteiger partial charge in [-0.05, 0) is 41.7 Å². The van der Waals surface area contributed by atoms with E-state index in [2.05, 4.69) is 46.8 Å². The molecule has 0 aliphatic heterocycles. The van der Waals surface area contributed by atoms with Crippen LogP contribution in [0, 0.1) is 10.8 Å². The Morgan fingerprint density at radius 1 is 1.35 bits per heavy atom. The smallest absolute Gasteiger partial charge is 0.158 e. The van der Waals surface area contributed by atoms with E-state index in [4.69, 9.17) is 0 Å². The highest BCUT2D eigenvalue weighted by Gasteiger charge is 2.30. The zero-order valence-electron chi connectivity index (χ0n) is 12.2. The lowest BCUT2D eigenvalue weighted by Crippen LogP contribution is -2.24. The number of carbonyl (C=O) groups excluding carboxylic acids is 1. The topological polar surface area (TPSA) is 17.1 Å². The van der Waals surface area contributed by atoms with E-state index >= 15 is 0 Å². The second-order valence-corrected chi connectivity index (χ2v) is 6.52. The molecule has 0 aromatic heterocycles. The van der Waals surface area contributed by atoms with Crippen molar-refractivity contribution in [2.75, 3.05) is 0 Å². The van der Waals surface area contributed by atoms with Crippen LogP contribution in [0.5, 0.6) is 0 Å². The quantitative estimate of drug-likeness (QED) is 0.692. The Morgan fingerprint density at radius 2 is 1.94 bits per heavy atom. The van der Waals surface area contributed by atoms with Gasteiger partial charge in [-0.15, -0.1) is 0 Å². The van der Waals surface area contributed by atoms with Crippen LogP contribution in [0.4, 0.5) is 0 Å². The maximum atomic E-state index is 11.8. The lowest BCUT2D eigenvalue weighted by atomic mass is 9.71. The van der Waals surface area contributed by atoms with Crippen LogP contribution < -0.4 is 0 Å². The number of carbonyl (C=O) groups is 1. The van der Waals surface area contributed by atoms with Crippen LogP contribution in [-0.2, 0) is 4.79 Å². The van der Waals surface area contributed by atoms with E-state index in [0.717, 1.165) is 18.4 Å². The van der Waals surface area contributed by atoms with Crippen LogP contribution in [0.1, 0.15) is 60.8 Å². The van der Waals surface area contributed by atoms with Crippen LogP contribution in [0.2, 0.25) is 0 Å². The molecule has 0 amide bonds. The maximum Gasteiger partial charge on any atom is 0.158 e. The molecule has 1 aliphatic carbocycles. The van der Waals surface area contributed by atoms with Crippen molar-refractivity contribution in [3.8, 4) is 0 Å². The predicted octanol–water partition coefficient (Wildman–Crippen LogP) is 4.68. The second-order valence-electron chi connectivity index (χ2n) is 6.52. The summed E-state index contributed by atoms with van der Waals surface area (Å²) in [6.45, 7) is 13.1. The summed E-state index contributed by atoms with van der Waals surface area (Å²) in [5, 5.41) is 0. The average Bonchev–Trinajstić information content (AvgIpc) is 2.24. The fourth-order valence-corrected chi connectivity index (χ4v) is 2.18. The third kappa shape index (κ3) is 3.31. The summed E-state index contributed by atoms with van der Waals surface area (Å²) in [7, 11) is 0. The van der Waals surface area contributed by atoms with Gasteiger partial charge in [-0.3, -0.25) is 4.79 Å². The van der Waals surface area contributed by atoms with E-state index in [-0.39, 0.29) is 10.8 Å². The van der Waals surface area contributed by atoms with E-state index in [9.17, 15) is 4.79 Å². The largest absolute Gasteiger partial charge is 0.295 e. The highest BCUT2D eigenvalue weighted by atomic mass is 16.1. The molecule has 0 saturated heterocycles.